The Hall–Kier alpha value is -3.50. The van der Waals surface area contributed by atoms with Crippen LogP contribution >= 0.6 is 0 Å². The Labute approximate surface area is 238 Å². The van der Waals surface area contributed by atoms with Gasteiger partial charge in [0.15, 0.2) is 0 Å². The molecular formula is C30H38F4N2O5. The molecule has 1 saturated heterocycles. The smallest absolute Gasteiger partial charge is 0.471 e. The number of hydrogen-bond donors (Lipinski definition) is 0. The molecule has 1 fully saturated rings. The molecule has 1 heterocycles. The number of methoxy groups -OCH3 is 2. The van der Waals surface area contributed by atoms with E-state index in [4.69, 9.17) is 14.2 Å². The van der Waals surface area contributed by atoms with E-state index in [1.165, 1.54) is 6.07 Å². The second-order valence-electron chi connectivity index (χ2n) is 11.1. The van der Waals surface area contributed by atoms with Gasteiger partial charge < -0.3 is 24.0 Å². The Balaban J connectivity index is 1.73. The number of nitrogens with zero attached hydrogens (tertiary/aromatic N) is 2. The lowest BCUT2D eigenvalue weighted by Gasteiger charge is -2.36. The Bertz CT molecular complexity index is 1230. The minimum Gasteiger partial charge on any atom is -0.497 e. The van der Waals surface area contributed by atoms with Gasteiger partial charge in [-0.05, 0) is 77.3 Å². The van der Waals surface area contributed by atoms with Gasteiger partial charge in [-0.1, -0.05) is 0 Å². The van der Waals surface area contributed by atoms with E-state index in [1.54, 1.807) is 38.2 Å². The summed E-state index contributed by atoms with van der Waals surface area (Å²) in [6.07, 6.45) is -4.50. The van der Waals surface area contributed by atoms with Crippen molar-refractivity contribution >= 4 is 11.8 Å². The summed E-state index contributed by atoms with van der Waals surface area (Å²) in [5.41, 5.74) is 0.486. The summed E-state index contributed by atoms with van der Waals surface area (Å²) in [6.45, 7) is 7.76. The van der Waals surface area contributed by atoms with Crippen molar-refractivity contribution in [3.63, 3.8) is 0 Å². The number of likely N-dealkylation sites (tertiary alicyclic amines) is 1. The molecule has 2 aromatic rings. The number of benzene rings is 2. The maximum absolute atomic E-state index is 14.2. The Kier molecular flexibility index (Phi) is 10.1. The first kappa shape index (κ1) is 32.0. The summed E-state index contributed by atoms with van der Waals surface area (Å²) in [7, 11) is 3.11. The molecule has 3 rings (SSSR count). The van der Waals surface area contributed by atoms with Gasteiger partial charge in [0.25, 0.3) is 0 Å². The number of halogens is 4. The monoisotopic (exact) mass is 582 g/mol. The highest BCUT2D eigenvalue weighted by Gasteiger charge is 2.46. The fraction of sp³-hybridized carbons (Fsp3) is 0.533. The predicted octanol–water partition coefficient (Wildman–Crippen LogP) is 6.44. The Morgan fingerprint density at radius 2 is 1.76 bits per heavy atom. The summed E-state index contributed by atoms with van der Waals surface area (Å²) in [6, 6.07) is 8.07. The van der Waals surface area contributed by atoms with E-state index in [0.717, 1.165) is 22.6 Å². The minimum absolute atomic E-state index is 0.0787. The molecule has 2 atom stereocenters. The topological polar surface area (TPSA) is 68.3 Å². The van der Waals surface area contributed by atoms with Crippen LogP contribution in [0.15, 0.2) is 36.4 Å². The van der Waals surface area contributed by atoms with E-state index in [9.17, 15) is 27.2 Å². The van der Waals surface area contributed by atoms with Crippen LogP contribution in [0.3, 0.4) is 0 Å². The summed E-state index contributed by atoms with van der Waals surface area (Å²) in [4.78, 5) is 27.9. The molecule has 0 N–H and O–H groups in total. The van der Waals surface area contributed by atoms with E-state index < -0.39 is 35.6 Å². The van der Waals surface area contributed by atoms with Gasteiger partial charge in [-0.15, -0.1) is 0 Å². The number of ether oxygens (including phenoxy) is 3. The average molecular weight is 583 g/mol. The van der Waals surface area contributed by atoms with Gasteiger partial charge in [0.2, 0.25) is 5.91 Å². The molecule has 7 nitrogen and oxygen atoms in total. The lowest BCUT2D eigenvalue weighted by Crippen LogP contribution is -2.45. The van der Waals surface area contributed by atoms with Crippen LogP contribution in [0.25, 0.3) is 0 Å². The Morgan fingerprint density at radius 1 is 1.05 bits per heavy atom. The molecule has 0 saturated carbocycles. The van der Waals surface area contributed by atoms with Crippen LogP contribution in [0.2, 0.25) is 0 Å². The predicted molar refractivity (Wildman–Crippen MR) is 145 cm³/mol. The van der Waals surface area contributed by atoms with Crippen LogP contribution < -0.4 is 14.2 Å². The van der Waals surface area contributed by atoms with Crippen molar-refractivity contribution in [2.45, 2.75) is 83.8 Å². The second kappa shape index (κ2) is 13.0. The van der Waals surface area contributed by atoms with Crippen molar-refractivity contribution in [1.82, 2.24) is 9.80 Å². The largest absolute Gasteiger partial charge is 0.497 e. The molecule has 0 bridgehead atoms. The van der Waals surface area contributed by atoms with E-state index >= 15 is 0 Å². The molecule has 1 aliphatic heterocycles. The standard InChI is InChI=1S/C30H38F4N2O5/c1-19(9-14-27(37)36(29(2,3)4)18-20-10-12-22(39-5)17-26(20)40-6)41-25-13-11-21(31)16-23(25)24-8-7-15-35(24)28(38)30(32,33)34/h10-13,16-17,19,24H,7-9,14-15,18H2,1-6H3/t19?,24-/m1/s1. The van der Waals surface area contributed by atoms with Crippen LogP contribution in [-0.4, -0.2) is 60.2 Å². The van der Waals surface area contributed by atoms with Crippen molar-refractivity contribution < 1.29 is 41.4 Å². The first-order chi connectivity index (χ1) is 19.1. The third kappa shape index (κ3) is 8.04. The van der Waals surface area contributed by atoms with Crippen LogP contribution in [0.1, 0.15) is 70.5 Å². The van der Waals surface area contributed by atoms with E-state index in [0.29, 0.717) is 30.9 Å². The molecule has 0 spiro atoms. The first-order valence-electron chi connectivity index (χ1n) is 13.5. The highest BCUT2D eigenvalue weighted by molar-refractivity contribution is 5.82. The average Bonchev–Trinajstić information content (AvgIpc) is 3.39. The zero-order valence-electron chi connectivity index (χ0n) is 24.3. The van der Waals surface area contributed by atoms with Crippen molar-refractivity contribution in [2.75, 3.05) is 20.8 Å². The normalized spacial score (nSPS) is 16.3. The number of alkyl halides is 3. The van der Waals surface area contributed by atoms with Gasteiger partial charge in [-0.3, -0.25) is 9.59 Å². The zero-order valence-corrected chi connectivity index (χ0v) is 24.3. The zero-order chi connectivity index (χ0) is 30.5. The quantitative estimate of drug-likeness (QED) is 0.302. The minimum atomic E-state index is -5.03. The molecule has 11 heteroatoms. The summed E-state index contributed by atoms with van der Waals surface area (Å²) < 4.78 is 70.5. The van der Waals surface area contributed by atoms with Gasteiger partial charge >= 0.3 is 12.1 Å². The maximum atomic E-state index is 14.2. The fourth-order valence-electron chi connectivity index (χ4n) is 4.97. The summed E-state index contributed by atoms with van der Waals surface area (Å²) in [5, 5.41) is 0. The highest BCUT2D eigenvalue weighted by Crippen LogP contribution is 2.40. The van der Waals surface area contributed by atoms with Gasteiger partial charge in [0.05, 0.1) is 26.4 Å². The molecule has 0 aromatic heterocycles. The molecule has 2 amide bonds. The summed E-state index contributed by atoms with van der Waals surface area (Å²) in [5.74, 6) is -1.30. The highest BCUT2D eigenvalue weighted by atomic mass is 19.4. The number of hydrogen-bond acceptors (Lipinski definition) is 5. The molecule has 41 heavy (non-hydrogen) atoms. The van der Waals surface area contributed by atoms with Crippen LogP contribution in [0, 0.1) is 5.82 Å². The molecule has 0 aliphatic carbocycles. The van der Waals surface area contributed by atoms with Crippen molar-refractivity contribution in [2.24, 2.45) is 0 Å². The number of carbonyl (C=O) groups excluding carboxylic acids is 2. The number of amides is 2. The van der Waals surface area contributed by atoms with Crippen molar-refractivity contribution in [3.8, 4) is 17.2 Å². The van der Waals surface area contributed by atoms with E-state index in [2.05, 4.69) is 0 Å². The van der Waals surface area contributed by atoms with Crippen LogP contribution in [0.4, 0.5) is 17.6 Å². The number of rotatable bonds is 10. The van der Waals surface area contributed by atoms with E-state index in [-0.39, 0.29) is 36.6 Å². The molecular weight excluding hydrogens is 544 g/mol. The van der Waals surface area contributed by atoms with Gasteiger partial charge in [-0.25, -0.2) is 4.39 Å². The van der Waals surface area contributed by atoms with Crippen LogP contribution in [-0.2, 0) is 16.1 Å². The second-order valence-corrected chi connectivity index (χ2v) is 11.1. The van der Waals surface area contributed by atoms with Crippen molar-refractivity contribution in [3.05, 3.63) is 53.3 Å². The van der Waals surface area contributed by atoms with Gasteiger partial charge in [0.1, 0.15) is 23.1 Å². The van der Waals surface area contributed by atoms with Crippen LogP contribution in [0.5, 0.6) is 17.2 Å². The molecule has 2 aromatic carbocycles. The lowest BCUT2D eigenvalue weighted by atomic mass is 10.0. The molecule has 0 radical (unpaired) electrons. The Morgan fingerprint density at radius 3 is 2.37 bits per heavy atom. The summed E-state index contributed by atoms with van der Waals surface area (Å²) >= 11 is 0. The third-order valence-electron chi connectivity index (χ3n) is 7.11. The fourth-order valence-corrected chi connectivity index (χ4v) is 4.97. The maximum Gasteiger partial charge on any atom is 0.471 e. The van der Waals surface area contributed by atoms with Gasteiger partial charge in [0, 0.05) is 42.2 Å². The molecule has 1 unspecified atom stereocenters. The molecule has 1 aliphatic rings. The first-order valence-corrected chi connectivity index (χ1v) is 13.5. The SMILES string of the molecule is COc1ccc(CN(C(=O)CCC(C)Oc2ccc(F)cc2[C@H]2CCCN2C(=O)C(F)(F)F)C(C)(C)C)c(OC)c1. The van der Waals surface area contributed by atoms with Gasteiger partial charge in [-0.2, -0.15) is 13.2 Å². The third-order valence-corrected chi connectivity index (χ3v) is 7.11. The number of carbonyl (C=O) groups is 2. The van der Waals surface area contributed by atoms with E-state index in [1.807, 2.05) is 26.8 Å². The van der Waals surface area contributed by atoms with Crippen molar-refractivity contribution in [1.29, 1.82) is 0 Å². The lowest BCUT2D eigenvalue weighted by molar-refractivity contribution is -0.186. The molecule has 226 valence electrons.